The van der Waals surface area contributed by atoms with Gasteiger partial charge in [-0.1, -0.05) is 9.84 Å². The summed E-state index contributed by atoms with van der Waals surface area (Å²) in [5, 5.41) is 3.57. The van der Waals surface area contributed by atoms with Crippen molar-refractivity contribution in [3.63, 3.8) is 0 Å². The molecule has 0 aliphatic carbocycles. The molecular formula is C14H24N7O5S2+. The summed E-state index contributed by atoms with van der Waals surface area (Å²) in [6, 6.07) is 0. The second-order valence-electron chi connectivity index (χ2n) is 5.98. The molecule has 0 fully saturated rings. The zero-order chi connectivity index (χ0) is 21.5. The smallest absolute Gasteiger partial charge is 0.343 e. The molecule has 1 N–H and O–H groups in total. The second-order valence-corrected chi connectivity index (χ2v) is 8.04. The first-order valence-corrected chi connectivity index (χ1v) is 9.79. The molecule has 0 saturated heterocycles. The van der Waals surface area contributed by atoms with Crippen LogP contribution in [0.5, 0.6) is 0 Å². The zero-order valence-corrected chi connectivity index (χ0v) is 18.3. The molecule has 0 aromatic heterocycles. The number of carbonyl (C=O) groups is 3. The molecular weight excluding hydrogens is 410 g/mol. The molecule has 0 aromatic rings. The Bertz CT molecular complexity index is 708. The average molecular weight is 435 g/mol. The van der Waals surface area contributed by atoms with Gasteiger partial charge >= 0.3 is 12.2 Å². The number of amides is 3. The van der Waals surface area contributed by atoms with Crippen LogP contribution >= 0.6 is 23.9 Å². The number of thioether (sulfide) groups is 1. The topological polar surface area (TPSA) is 119 Å². The maximum atomic E-state index is 12.0. The van der Waals surface area contributed by atoms with E-state index in [4.69, 9.17) is 9.68 Å². The van der Waals surface area contributed by atoms with E-state index in [0.717, 1.165) is 32.5 Å². The molecule has 156 valence electrons. The predicted molar refractivity (Wildman–Crippen MR) is 108 cm³/mol. The van der Waals surface area contributed by atoms with Crippen molar-refractivity contribution >= 4 is 59.5 Å². The van der Waals surface area contributed by atoms with Gasteiger partial charge in [0.05, 0.1) is 18.3 Å². The highest BCUT2D eigenvalue weighted by atomic mass is 32.2. The number of hydrazine groups is 1. The predicted octanol–water partition coefficient (Wildman–Crippen LogP) is 0.775. The average Bonchev–Trinajstić information content (AvgIpc) is 2.97. The summed E-state index contributed by atoms with van der Waals surface area (Å²) in [7, 11) is 5.89. The SMILES string of the molecule is CSC(=NOC(=O)N(C)SN(C)C(=O)ON[N+]1=CC=NC1(C)C)C(=O)N(C)C. The van der Waals surface area contributed by atoms with Gasteiger partial charge in [-0.3, -0.25) is 14.5 Å². The van der Waals surface area contributed by atoms with E-state index in [0.29, 0.717) is 0 Å². The summed E-state index contributed by atoms with van der Waals surface area (Å²) in [5.41, 5.74) is 1.88. The minimum atomic E-state index is -0.877. The maximum absolute atomic E-state index is 12.0. The highest BCUT2D eigenvalue weighted by molar-refractivity contribution is 8.15. The number of carbonyl (C=O) groups excluding carboxylic acids is 3. The largest absolute Gasteiger partial charge is 0.449 e. The third kappa shape index (κ3) is 6.60. The van der Waals surface area contributed by atoms with Crippen LogP contribution < -0.4 is 5.59 Å². The van der Waals surface area contributed by atoms with Crippen LogP contribution in [0.2, 0.25) is 0 Å². The van der Waals surface area contributed by atoms with Gasteiger partial charge in [-0.15, -0.1) is 11.8 Å². The molecule has 1 aliphatic heterocycles. The normalized spacial score (nSPS) is 14.8. The van der Waals surface area contributed by atoms with Crippen molar-refractivity contribution in [2.45, 2.75) is 19.5 Å². The number of oxime groups is 1. The molecule has 0 bridgehead atoms. The Balaban J connectivity index is 2.52. The molecule has 3 amide bonds. The molecule has 0 spiro atoms. The monoisotopic (exact) mass is 434 g/mol. The lowest BCUT2D eigenvalue weighted by atomic mass is 10.3. The van der Waals surface area contributed by atoms with Crippen LogP contribution in [0, 0.1) is 0 Å². The summed E-state index contributed by atoms with van der Waals surface area (Å²) < 4.78 is 3.57. The Hall–Kier alpha value is -2.48. The molecule has 14 heteroatoms. The van der Waals surface area contributed by atoms with Gasteiger partial charge in [-0.25, -0.2) is 23.2 Å². The standard InChI is InChI=1S/C14H24N7O5S2/c1-14(2)15-8-9-21(14)17-26-13(24)20(6)28-19(5)12(23)25-16-10(27-7)11(22)18(3)4/h8-9,17H,1-7H3/q+1. The van der Waals surface area contributed by atoms with Crippen molar-refractivity contribution in [3.05, 3.63) is 0 Å². The van der Waals surface area contributed by atoms with Gasteiger partial charge in [0, 0.05) is 42.0 Å². The van der Waals surface area contributed by atoms with Crippen LogP contribution in [0.1, 0.15) is 13.8 Å². The lowest BCUT2D eigenvalue weighted by molar-refractivity contribution is -0.683. The highest BCUT2D eigenvalue weighted by Crippen LogP contribution is 2.15. The number of aliphatic imine (C=N–C) groups is 1. The van der Waals surface area contributed by atoms with E-state index in [1.54, 1.807) is 32.8 Å². The molecule has 0 aromatic carbocycles. The van der Waals surface area contributed by atoms with E-state index in [2.05, 4.69) is 15.7 Å². The molecule has 1 heterocycles. The number of hydrogen-bond donors (Lipinski definition) is 1. The molecule has 0 atom stereocenters. The molecule has 1 rings (SSSR count). The van der Waals surface area contributed by atoms with Gasteiger partial charge in [0.25, 0.3) is 11.6 Å². The Morgan fingerprint density at radius 3 is 2.25 bits per heavy atom. The number of hydrazone groups is 1. The third-order valence-corrected chi connectivity index (χ3v) is 4.60. The Labute approximate surface area is 171 Å². The number of nitrogens with one attached hydrogen (secondary N) is 1. The second kappa shape index (κ2) is 10.2. The summed E-state index contributed by atoms with van der Waals surface area (Å²) in [4.78, 5) is 51.0. The van der Waals surface area contributed by atoms with Gasteiger partial charge in [0.1, 0.15) is 0 Å². The van der Waals surface area contributed by atoms with E-state index in [-0.39, 0.29) is 5.04 Å². The number of hydrogen-bond acceptors (Lipinski definition) is 10. The third-order valence-electron chi connectivity index (χ3n) is 3.18. The van der Waals surface area contributed by atoms with Gasteiger partial charge in [-0.05, 0) is 11.8 Å². The van der Waals surface area contributed by atoms with Crippen LogP contribution in [-0.2, 0) is 14.5 Å². The number of rotatable bonds is 5. The first-order valence-electron chi connectivity index (χ1n) is 7.84. The van der Waals surface area contributed by atoms with Crippen molar-refractivity contribution in [2.24, 2.45) is 10.1 Å². The Morgan fingerprint density at radius 2 is 1.75 bits per heavy atom. The van der Waals surface area contributed by atoms with Crippen molar-refractivity contribution in [1.29, 1.82) is 0 Å². The van der Waals surface area contributed by atoms with Crippen molar-refractivity contribution in [3.8, 4) is 0 Å². The lowest BCUT2D eigenvalue weighted by Gasteiger charge is -2.20. The van der Waals surface area contributed by atoms with E-state index in [1.165, 1.54) is 23.7 Å². The minimum Gasteiger partial charge on any atom is -0.343 e. The lowest BCUT2D eigenvalue weighted by Crippen LogP contribution is -2.44. The minimum absolute atomic E-state index is 0.0143. The maximum Gasteiger partial charge on any atom is 0.449 e. The molecule has 1 aliphatic rings. The van der Waals surface area contributed by atoms with Gasteiger partial charge in [0.2, 0.25) is 11.3 Å². The highest BCUT2D eigenvalue weighted by Gasteiger charge is 2.34. The molecule has 12 nitrogen and oxygen atoms in total. The number of nitrogens with zero attached hydrogens (tertiary/aromatic N) is 6. The quantitative estimate of drug-likeness (QED) is 0.168. The Morgan fingerprint density at radius 1 is 1.14 bits per heavy atom. The fraction of sp³-hybridized carbons (Fsp3) is 0.571. The van der Waals surface area contributed by atoms with Gasteiger partial charge in [-0.2, -0.15) is 0 Å². The molecule has 0 radical (unpaired) electrons. The van der Waals surface area contributed by atoms with Crippen LogP contribution in [0.25, 0.3) is 0 Å². The van der Waals surface area contributed by atoms with Crippen LogP contribution in [0.3, 0.4) is 0 Å². The summed E-state index contributed by atoms with van der Waals surface area (Å²) >= 11 is 1.76. The first kappa shape index (κ1) is 23.6. The first-order chi connectivity index (χ1) is 13.0. The fourth-order valence-corrected chi connectivity index (χ4v) is 2.61. The van der Waals surface area contributed by atoms with Crippen LogP contribution in [0.15, 0.2) is 10.1 Å². The molecule has 28 heavy (non-hydrogen) atoms. The van der Waals surface area contributed by atoms with Gasteiger partial charge in [0.15, 0.2) is 0 Å². The fourth-order valence-electron chi connectivity index (χ4n) is 1.56. The summed E-state index contributed by atoms with van der Waals surface area (Å²) in [6.45, 7) is 3.64. The van der Waals surface area contributed by atoms with Crippen LogP contribution in [-0.4, -0.2) is 93.9 Å². The van der Waals surface area contributed by atoms with Crippen LogP contribution in [0.4, 0.5) is 9.59 Å². The zero-order valence-electron chi connectivity index (χ0n) is 16.7. The molecule has 0 unspecified atom stereocenters. The van der Waals surface area contributed by atoms with Crippen molar-refractivity contribution in [1.82, 2.24) is 19.1 Å². The molecule has 0 saturated carbocycles. The van der Waals surface area contributed by atoms with E-state index >= 15 is 0 Å². The summed E-state index contributed by atoms with van der Waals surface area (Å²) in [6.07, 6.45) is 3.18. The van der Waals surface area contributed by atoms with E-state index < -0.39 is 23.8 Å². The Kier molecular flexibility index (Phi) is 8.56. The van der Waals surface area contributed by atoms with Gasteiger partial charge < -0.3 is 4.90 Å². The van der Waals surface area contributed by atoms with E-state index in [1.807, 2.05) is 13.8 Å². The van der Waals surface area contributed by atoms with E-state index in [9.17, 15) is 14.4 Å². The summed E-state index contributed by atoms with van der Waals surface area (Å²) in [5.74, 6) is -0.395. The van der Waals surface area contributed by atoms with Crippen molar-refractivity contribution in [2.75, 3.05) is 34.4 Å². The van der Waals surface area contributed by atoms with Crippen molar-refractivity contribution < 1.29 is 28.7 Å².